The van der Waals surface area contributed by atoms with Crippen molar-refractivity contribution in [3.05, 3.63) is 0 Å². The number of sulfone groups is 1. The Balaban J connectivity index is 5.01. The normalized spacial score (nSPS) is 17.2. The first-order valence-electron chi connectivity index (χ1n) is 6.87. The number of rotatable bonds is 6. The summed E-state index contributed by atoms with van der Waals surface area (Å²) in [6.45, 7) is 16.4. The van der Waals surface area contributed by atoms with Gasteiger partial charge in [-0.2, -0.15) is 0 Å². The minimum Gasteiger partial charge on any atom is -0.311 e. The zero-order valence-electron chi connectivity index (χ0n) is 13.2. The molecule has 0 aliphatic carbocycles. The van der Waals surface area contributed by atoms with Crippen molar-refractivity contribution in [3.63, 3.8) is 0 Å². The molecule has 0 amide bonds. The fraction of sp³-hybridized carbons (Fsp3) is 1.00. The molecule has 2 atom stereocenters. The quantitative estimate of drug-likeness (QED) is 0.812. The second kappa shape index (κ2) is 6.38. The second-order valence-electron chi connectivity index (χ2n) is 6.95. The van der Waals surface area contributed by atoms with Gasteiger partial charge in [0, 0.05) is 12.1 Å². The van der Waals surface area contributed by atoms with E-state index in [4.69, 9.17) is 0 Å². The third-order valence-electron chi connectivity index (χ3n) is 3.46. The van der Waals surface area contributed by atoms with E-state index in [1.54, 1.807) is 0 Å². The fourth-order valence-electron chi connectivity index (χ4n) is 1.79. The summed E-state index contributed by atoms with van der Waals surface area (Å²) in [4.78, 5) is 0. The molecule has 0 bridgehead atoms. The Hall–Kier alpha value is -0.0900. The molecule has 18 heavy (non-hydrogen) atoms. The summed E-state index contributed by atoms with van der Waals surface area (Å²) in [5.41, 5.74) is -0.0519. The zero-order chi connectivity index (χ0) is 14.7. The average Bonchev–Trinajstić information content (AvgIpc) is 2.13. The van der Waals surface area contributed by atoms with Gasteiger partial charge in [-0.3, -0.25) is 0 Å². The highest BCUT2D eigenvalue weighted by molar-refractivity contribution is 7.92. The van der Waals surface area contributed by atoms with Gasteiger partial charge in [0.25, 0.3) is 0 Å². The predicted molar refractivity (Wildman–Crippen MR) is 79.6 cm³/mol. The van der Waals surface area contributed by atoms with Gasteiger partial charge < -0.3 is 5.32 Å². The number of nitrogens with one attached hydrogen (secondary N) is 1. The molecule has 110 valence electrons. The molecule has 0 aromatic carbocycles. The van der Waals surface area contributed by atoms with Crippen molar-refractivity contribution >= 4 is 9.84 Å². The van der Waals surface area contributed by atoms with Crippen molar-refractivity contribution in [1.29, 1.82) is 0 Å². The standard InChI is InChI=1S/C14H31NO2S/c1-10(2)12(5)18(16,17)13(11(3)4)9-15-14(6,7)8/h10-13,15H,9H2,1-8H3. The maximum absolute atomic E-state index is 12.6. The van der Waals surface area contributed by atoms with Crippen LogP contribution in [0.15, 0.2) is 0 Å². The Morgan fingerprint density at radius 1 is 0.944 bits per heavy atom. The van der Waals surface area contributed by atoms with E-state index in [9.17, 15) is 8.42 Å². The highest BCUT2D eigenvalue weighted by Gasteiger charge is 2.35. The van der Waals surface area contributed by atoms with E-state index in [2.05, 4.69) is 26.1 Å². The van der Waals surface area contributed by atoms with Crippen molar-refractivity contribution in [3.8, 4) is 0 Å². The lowest BCUT2D eigenvalue weighted by Crippen LogP contribution is -2.47. The second-order valence-corrected chi connectivity index (χ2v) is 9.48. The lowest BCUT2D eigenvalue weighted by molar-refractivity contribution is 0.396. The molecule has 0 aliphatic rings. The summed E-state index contributed by atoms with van der Waals surface area (Å²) >= 11 is 0. The van der Waals surface area contributed by atoms with Gasteiger partial charge in [-0.1, -0.05) is 27.7 Å². The Kier molecular flexibility index (Phi) is 6.34. The highest BCUT2D eigenvalue weighted by Crippen LogP contribution is 2.22. The van der Waals surface area contributed by atoms with Gasteiger partial charge in [-0.15, -0.1) is 0 Å². The smallest absolute Gasteiger partial charge is 0.157 e. The van der Waals surface area contributed by atoms with Crippen LogP contribution in [0, 0.1) is 11.8 Å². The van der Waals surface area contributed by atoms with Gasteiger partial charge in [-0.25, -0.2) is 8.42 Å². The molecule has 2 unspecified atom stereocenters. The topological polar surface area (TPSA) is 46.2 Å². The maximum Gasteiger partial charge on any atom is 0.157 e. The largest absolute Gasteiger partial charge is 0.311 e. The average molecular weight is 277 g/mol. The Morgan fingerprint density at radius 3 is 1.67 bits per heavy atom. The van der Waals surface area contributed by atoms with Crippen LogP contribution in [0.3, 0.4) is 0 Å². The Bertz CT molecular complexity index is 339. The molecule has 3 nitrogen and oxygen atoms in total. The SMILES string of the molecule is CC(C)C(C)S(=O)(=O)C(CNC(C)(C)C)C(C)C. The van der Waals surface area contributed by atoms with Gasteiger partial charge in [0.1, 0.15) is 0 Å². The van der Waals surface area contributed by atoms with E-state index in [1.165, 1.54) is 0 Å². The van der Waals surface area contributed by atoms with E-state index in [0.717, 1.165) is 0 Å². The first kappa shape index (κ1) is 17.9. The molecule has 0 saturated carbocycles. The van der Waals surface area contributed by atoms with Crippen LogP contribution in [0.2, 0.25) is 0 Å². The molecule has 0 spiro atoms. The van der Waals surface area contributed by atoms with E-state index in [-0.39, 0.29) is 27.9 Å². The van der Waals surface area contributed by atoms with Gasteiger partial charge in [0.2, 0.25) is 0 Å². The first-order valence-corrected chi connectivity index (χ1v) is 8.48. The molecule has 0 rings (SSSR count). The van der Waals surface area contributed by atoms with Gasteiger partial charge >= 0.3 is 0 Å². The molecule has 0 aromatic rings. The molecule has 0 radical (unpaired) electrons. The van der Waals surface area contributed by atoms with E-state index in [0.29, 0.717) is 6.54 Å². The van der Waals surface area contributed by atoms with Gasteiger partial charge in [0.05, 0.1) is 10.5 Å². The summed E-state index contributed by atoms with van der Waals surface area (Å²) in [5.74, 6) is 0.289. The lowest BCUT2D eigenvalue weighted by Gasteiger charge is -2.30. The first-order chi connectivity index (χ1) is 7.89. The van der Waals surface area contributed by atoms with Crippen LogP contribution in [0.5, 0.6) is 0 Å². The summed E-state index contributed by atoms with van der Waals surface area (Å²) in [6.07, 6.45) is 0. The summed E-state index contributed by atoms with van der Waals surface area (Å²) in [5, 5.41) is 2.73. The van der Waals surface area contributed by atoms with Crippen LogP contribution in [-0.2, 0) is 9.84 Å². The molecule has 4 heteroatoms. The maximum atomic E-state index is 12.6. The molecule has 1 N–H and O–H groups in total. The van der Waals surface area contributed by atoms with Gasteiger partial charge in [0.15, 0.2) is 9.84 Å². The van der Waals surface area contributed by atoms with Crippen LogP contribution < -0.4 is 5.32 Å². The molecule has 0 heterocycles. The Labute approximate surface area is 114 Å². The van der Waals surface area contributed by atoms with E-state index in [1.807, 2.05) is 34.6 Å². The zero-order valence-corrected chi connectivity index (χ0v) is 14.1. The molecule has 0 aliphatic heterocycles. The number of hydrogen-bond acceptors (Lipinski definition) is 3. The van der Waals surface area contributed by atoms with Crippen molar-refractivity contribution in [2.24, 2.45) is 11.8 Å². The third kappa shape index (κ3) is 5.27. The third-order valence-corrected chi connectivity index (χ3v) is 6.59. The van der Waals surface area contributed by atoms with Crippen LogP contribution >= 0.6 is 0 Å². The lowest BCUT2D eigenvalue weighted by atomic mass is 10.1. The van der Waals surface area contributed by atoms with Crippen LogP contribution in [-0.4, -0.2) is 31.0 Å². The molecular formula is C14H31NO2S. The highest BCUT2D eigenvalue weighted by atomic mass is 32.2. The summed E-state index contributed by atoms with van der Waals surface area (Å²) < 4.78 is 25.2. The van der Waals surface area contributed by atoms with Crippen molar-refractivity contribution in [2.75, 3.05) is 6.54 Å². The van der Waals surface area contributed by atoms with Crippen molar-refractivity contribution < 1.29 is 8.42 Å². The molecule has 0 fully saturated rings. The minimum atomic E-state index is -3.08. The van der Waals surface area contributed by atoms with Crippen LogP contribution in [0.25, 0.3) is 0 Å². The molecular weight excluding hydrogens is 246 g/mol. The van der Waals surface area contributed by atoms with Crippen LogP contribution in [0.4, 0.5) is 0 Å². The summed E-state index contributed by atoms with van der Waals surface area (Å²) in [7, 11) is -3.08. The monoisotopic (exact) mass is 277 g/mol. The van der Waals surface area contributed by atoms with Gasteiger partial charge in [-0.05, 0) is 39.5 Å². The van der Waals surface area contributed by atoms with E-state index < -0.39 is 9.84 Å². The van der Waals surface area contributed by atoms with Crippen LogP contribution in [0.1, 0.15) is 55.4 Å². The van der Waals surface area contributed by atoms with Crippen molar-refractivity contribution in [2.45, 2.75) is 71.4 Å². The number of hydrogen-bond donors (Lipinski definition) is 1. The Morgan fingerprint density at radius 2 is 1.39 bits per heavy atom. The van der Waals surface area contributed by atoms with Crippen molar-refractivity contribution in [1.82, 2.24) is 5.32 Å². The minimum absolute atomic E-state index is 0.0519. The molecule has 0 saturated heterocycles. The molecule has 0 aromatic heterocycles. The summed E-state index contributed by atoms with van der Waals surface area (Å²) in [6, 6.07) is 0. The fourth-order valence-corrected chi connectivity index (χ4v) is 4.18. The predicted octanol–water partition coefficient (Wildman–Crippen LogP) is 2.86. The van der Waals surface area contributed by atoms with E-state index >= 15 is 0 Å².